The first-order valence-electron chi connectivity index (χ1n) is 9.91. The molecule has 0 aliphatic carbocycles. The molecule has 0 spiro atoms. The largest absolute Gasteiger partial charge is 0.504 e. The topological polar surface area (TPSA) is 156 Å². The predicted molar refractivity (Wildman–Crippen MR) is 113 cm³/mol. The Bertz CT molecular complexity index is 1090. The molecule has 1 heterocycles. The van der Waals surface area contributed by atoms with Crippen LogP contribution in [0.3, 0.4) is 0 Å². The third kappa shape index (κ3) is 4.48. The second kappa shape index (κ2) is 8.96. The third-order valence-corrected chi connectivity index (χ3v) is 4.81. The van der Waals surface area contributed by atoms with Crippen LogP contribution in [0.5, 0.6) is 17.2 Å². The number of imide groups is 1. The van der Waals surface area contributed by atoms with Crippen LogP contribution in [0.25, 0.3) is 0 Å². The number of phenols is 3. The normalized spacial score (nSPS) is 12.8. The smallest absolute Gasteiger partial charge is 0.261 e. The highest BCUT2D eigenvalue weighted by Gasteiger charge is 2.36. The summed E-state index contributed by atoms with van der Waals surface area (Å²) in [5.41, 5.74) is 0.580. The number of hydrogen-bond acceptors (Lipinski definition) is 7. The minimum absolute atomic E-state index is 0.0392. The molecule has 0 unspecified atom stereocenters. The second-order valence-corrected chi connectivity index (χ2v) is 7.75. The first-order chi connectivity index (χ1) is 15.1. The molecule has 0 aromatic heterocycles. The summed E-state index contributed by atoms with van der Waals surface area (Å²) in [7, 11) is 0. The highest BCUT2D eigenvalue weighted by atomic mass is 16.3. The molecule has 32 heavy (non-hydrogen) atoms. The number of aromatic hydroxyl groups is 3. The minimum Gasteiger partial charge on any atom is -0.504 e. The Kier molecular flexibility index (Phi) is 6.33. The maximum atomic E-state index is 12.5. The molecule has 0 saturated heterocycles. The summed E-state index contributed by atoms with van der Waals surface area (Å²) in [4.78, 5) is 50.6. The van der Waals surface area contributed by atoms with Crippen molar-refractivity contribution in [1.82, 2.24) is 15.5 Å². The molecule has 2 aromatic rings. The van der Waals surface area contributed by atoms with Crippen LogP contribution < -0.4 is 10.6 Å². The van der Waals surface area contributed by atoms with E-state index in [0.29, 0.717) is 6.54 Å². The number of carbonyl (C=O) groups excluding carboxylic acids is 4. The van der Waals surface area contributed by atoms with Gasteiger partial charge < -0.3 is 26.0 Å². The van der Waals surface area contributed by atoms with Gasteiger partial charge >= 0.3 is 0 Å². The number of rotatable bonds is 7. The Hall–Kier alpha value is -4.08. The molecule has 5 N–H and O–H groups in total. The molecule has 0 bridgehead atoms. The third-order valence-electron chi connectivity index (χ3n) is 4.81. The van der Waals surface area contributed by atoms with E-state index in [9.17, 15) is 34.5 Å². The van der Waals surface area contributed by atoms with E-state index in [0.717, 1.165) is 12.1 Å². The molecule has 10 heteroatoms. The number of carbonyl (C=O) groups is 4. The van der Waals surface area contributed by atoms with E-state index in [1.165, 1.54) is 23.1 Å². The van der Waals surface area contributed by atoms with Gasteiger partial charge in [0.15, 0.2) is 17.2 Å². The number of amides is 4. The summed E-state index contributed by atoms with van der Waals surface area (Å²) in [6, 6.07) is 6.28. The zero-order valence-corrected chi connectivity index (χ0v) is 17.5. The van der Waals surface area contributed by atoms with Gasteiger partial charge in [0.05, 0.1) is 11.1 Å². The summed E-state index contributed by atoms with van der Waals surface area (Å²) >= 11 is 0. The predicted octanol–water partition coefficient (Wildman–Crippen LogP) is 1.22. The Morgan fingerprint density at radius 2 is 1.38 bits per heavy atom. The standard InChI is InChI=1S/C22H23N3O7/c1-11(2)10-25-21(31)14-4-3-12(7-15(14)22(25)32)19(29)23-5-6-24-20(30)13-8-16(26)18(28)17(27)9-13/h3-4,7-9,11,26-28H,5-6,10H2,1-2H3,(H,23,29)(H,24,30). The van der Waals surface area contributed by atoms with Crippen molar-refractivity contribution in [3.05, 3.63) is 52.6 Å². The Morgan fingerprint density at radius 3 is 1.94 bits per heavy atom. The van der Waals surface area contributed by atoms with Crippen LogP contribution in [0.15, 0.2) is 30.3 Å². The Labute approximate surface area is 183 Å². The lowest BCUT2D eigenvalue weighted by Gasteiger charge is -2.15. The van der Waals surface area contributed by atoms with Crippen molar-refractivity contribution in [1.29, 1.82) is 0 Å². The highest BCUT2D eigenvalue weighted by Crippen LogP contribution is 2.35. The van der Waals surface area contributed by atoms with Gasteiger partial charge in [-0.05, 0) is 36.2 Å². The maximum absolute atomic E-state index is 12.5. The molecule has 168 valence electrons. The van der Waals surface area contributed by atoms with Gasteiger partial charge in [-0.15, -0.1) is 0 Å². The molecule has 1 aliphatic heterocycles. The van der Waals surface area contributed by atoms with Gasteiger partial charge in [-0.25, -0.2) is 0 Å². The number of benzene rings is 2. The molecule has 0 radical (unpaired) electrons. The molecule has 0 fully saturated rings. The molecule has 10 nitrogen and oxygen atoms in total. The van der Waals surface area contributed by atoms with E-state index in [2.05, 4.69) is 10.6 Å². The molecule has 1 aliphatic rings. The zero-order valence-electron chi connectivity index (χ0n) is 17.5. The lowest BCUT2D eigenvalue weighted by Crippen LogP contribution is -2.34. The van der Waals surface area contributed by atoms with E-state index >= 15 is 0 Å². The van der Waals surface area contributed by atoms with E-state index in [1.807, 2.05) is 13.8 Å². The van der Waals surface area contributed by atoms with E-state index in [1.54, 1.807) is 0 Å². The number of nitrogens with one attached hydrogen (secondary N) is 2. The number of hydrogen-bond donors (Lipinski definition) is 5. The Morgan fingerprint density at radius 1 is 0.844 bits per heavy atom. The highest BCUT2D eigenvalue weighted by molar-refractivity contribution is 6.22. The number of phenolic OH excluding ortho intramolecular Hbond substituents is 3. The number of nitrogens with zero attached hydrogens (tertiary/aromatic N) is 1. The van der Waals surface area contributed by atoms with Gasteiger partial charge in [0.25, 0.3) is 23.6 Å². The lowest BCUT2D eigenvalue weighted by atomic mass is 10.1. The van der Waals surface area contributed by atoms with Crippen LogP contribution in [0, 0.1) is 5.92 Å². The second-order valence-electron chi connectivity index (χ2n) is 7.75. The summed E-state index contributed by atoms with van der Waals surface area (Å²) in [5, 5.41) is 33.3. The molecule has 0 saturated carbocycles. The average molecular weight is 441 g/mol. The first kappa shape index (κ1) is 22.6. The zero-order chi connectivity index (χ0) is 23.6. The van der Waals surface area contributed by atoms with Crippen LogP contribution >= 0.6 is 0 Å². The van der Waals surface area contributed by atoms with Gasteiger partial charge in [0, 0.05) is 30.8 Å². The molecule has 3 rings (SSSR count). The summed E-state index contributed by atoms with van der Waals surface area (Å²) < 4.78 is 0. The number of fused-ring (bicyclic) bond motifs is 1. The van der Waals surface area contributed by atoms with Gasteiger partial charge in [0.1, 0.15) is 0 Å². The van der Waals surface area contributed by atoms with Crippen molar-refractivity contribution >= 4 is 23.6 Å². The van der Waals surface area contributed by atoms with E-state index in [-0.39, 0.29) is 47.2 Å². The van der Waals surface area contributed by atoms with Gasteiger partial charge in [-0.1, -0.05) is 13.8 Å². The van der Waals surface area contributed by atoms with Crippen LogP contribution in [-0.4, -0.2) is 63.5 Å². The fourth-order valence-corrected chi connectivity index (χ4v) is 3.25. The van der Waals surface area contributed by atoms with Crippen LogP contribution in [0.2, 0.25) is 0 Å². The fourth-order valence-electron chi connectivity index (χ4n) is 3.25. The first-order valence-corrected chi connectivity index (χ1v) is 9.91. The van der Waals surface area contributed by atoms with Crippen molar-refractivity contribution in [2.75, 3.05) is 19.6 Å². The van der Waals surface area contributed by atoms with E-state index < -0.39 is 35.0 Å². The van der Waals surface area contributed by atoms with Crippen LogP contribution in [-0.2, 0) is 0 Å². The monoisotopic (exact) mass is 441 g/mol. The lowest BCUT2D eigenvalue weighted by molar-refractivity contribution is 0.0635. The van der Waals surface area contributed by atoms with Crippen molar-refractivity contribution in [2.24, 2.45) is 5.92 Å². The summed E-state index contributed by atoms with van der Waals surface area (Å²) in [5.74, 6) is -3.80. The van der Waals surface area contributed by atoms with Crippen LogP contribution in [0.4, 0.5) is 0 Å². The van der Waals surface area contributed by atoms with Gasteiger partial charge in [-0.3, -0.25) is 24.1 Å². The molecule has 2 aromatic carbocycles. The minimum atomic E-state index is -0.726. The summed E-state index contributed by atoms with van der Waals surface area (Å²) in [6.07, 6.45) is 0. The Balaban J connectivity index is 1.57. The molecule has 4 amide bonds. The van der Waals surface area contributed by atoms with Crippen molar-refractivity contribution in [2.45, 2.75) is 13.8 Å². The van der Waals surface area contributed by atoms with Crippen molar-refractivity contribution < 1.29 is 34.5 Å². The SMILES string of the molecule is CC(C)CN1C(=O)c2ccc(C(=O)NCCNC(=O)c3cc(O)c(O)c(O)c3)cc2C1=O. The quantitative estimate of drug-likeness (QED) is 0.246. The van der Waals surface area contributed by atoms with Crippen molar-refractivity contribution in [3.8, 4) is 17.2 Å². The molecule has 0 atom stereocenters. The van der Waals surface area contributed by atoms with Gasteiger partial charge in [0.2, 0.25) is 0 Å². The van der Waals surface area contributed by atoms with Crippen LogP contribution in [0.1, 0.15) is 55.3 Å². The van der Waals surface area contributed by atoms with Gasteiger partial charge in [-0.2, -0.15) is 0 Å². The van der Waals surface area contributed by atoms with Crippen molar-refractivity contribution in [3.63, 3.8) is 0 Å². The molecular formula is C22H23N3O7. The molecular weight excluding hydrogens is 418 g/mol. The maximum Gasteiger partial charge on any atom is 0.261 e. The fraction of sp³-hybridized carbons (Fsp3) is 0.273. The van der Waals surface area contributed by atoms with E-state index in [4.69, 9.17) is 0 Å². The average Bonchev–Trinajstić information content (AvgIpc) is 2.98. The summed E-state index contributed by atoms with van der Waals surface area (Å²) in [6.45, 7) is 4.19.